The number of nitrogens with zero attached hydrogens (tertiary/aromatic N) is 3. The van der Waals surface area contributed by atoms with E-state index in [9.17, 15) is 33.6 Å². The average Bonchev–Trinajstić information content (AvgIpc) is 3.39. The second-order valence-corrected chi connectivity index (χ2v) is 12.9. The number of nitrogens with one attached hydrogen (secondary N) is 3. The Kier molecular flexibility index (Phi) is 11.1. The van der Waals surface area contributed by atoms with E-state index in [1.807, 2.05) is 11.0 Å². The van der Waals surface area contributed by atoms with Crippen molar-refractivity contribution < 1.29 is 49.2 Å². The van der Waals surface area contributed by atoms with E-state index in [2.05, 4.69) is 15.4 Å². The molecule has 2 aliphatic rings. The molecule has 0 fully saturated rings. The molecule has 0 bridgehead atoms. The van der Waals surface area contributed by atoms with Gasteiger partial charge >= 0.3 is 5.97 Å². The molecule has 0 unspecified atom stereocenters. The first-order valence-corrected chi connectivity index (χ1v) is 17.0. The van der Waals surface area contributed by atoms with Crippen LogP contribution < -0.4 is 35.2 Å². The molecule has 0 aromatic heterocycles. The van der Waals surface area contributed by atoms with Gasteiger partial charge in [0.15, 0.2) is 1.41 Å². The van der Waals surface area contributed by atoms with Crippen LogP contribution in [0, 0.1) is 0 Å². The SMILES string of the molecule is [2H]N(CC(=O)N[C@@H](C)C(=O)NCC(=O)OC)C(=O)CN(C(C)=O)c1c(OC)ccc2c1Sc1c(ccc(OC)c1CN1C(=O)c3ccccc3C1=O)N2C. The zero-order valence-electron chi connectivity index (χ0n) is 30.8. The van der Waals surface area contributed by atoms with E-state index in [4.69, 9.17) is 10.9 Å². The summed E-state index contributed by atoms with van der Waals surface area (Å²) in [5.41, 5.74) is 2.70. The van der Waals surface area contributed by atoms with Gasteiger partial charge in [0.2, 0.25) is 23.6 Å². The fourth-order valence-corrected chi connectivity index (χ4v) is 7.27. The molecule has 16 nitrogen and oxygen atoms in total. The van der Waals surface area contributed by atoms with Crippen molar-refractivity contribution in [3.8, 4) is 11.5 Å². The molecule has 53 heavy (non-hydrogen) atoms. The molecule has 3 N–H and O–H groups in total. The van der Waals surface area contributed by atoms with Gasteiger partial charge in [0.25, 0.3) is 11.8 Å². The molecule has 2 heterocycles. The summed E-state index contributed by atoms with van der Waals surface area (Å²) in [4.78, 5) is 94.9. The number of esters is 1. The largest absolute Gasteiger partial charge is 0.496 e. The summed E-state index contributed by atoms with van der Waals surface area (Å²) in [5.74, 6) is -3.96. The molecule has 0 aliphatic carbocycles. The first-order valence-electron chi connectivity index (χ1n) is 16.7. The van der Waals surface area contributed by atoms with E-state index in [-0.39, 0.29) is 18.0 Å². The number of imide groups is 1. The molecule has 2 aliphatic heterocycles. The lowest BCUT2D eigenvalue weighted by molar-refractivity contribution is -0.141. The fraction of sp³-hybridized carbons (Fsp3) is 0.306. The highest BCUT2D eigenvalue weighted by Gasteiger charge is 2.38. The molecule has 6 amide bonds. The highest BCUT2D eigenvalue weighted by Crippen LogP contribution is 2.56. The lowest BCUT2D eigenvalue weighted by Crippen LogP contribution is -2.49. The Morgan fingerprint density at radius 1 is 0.868 bits per heavy atom. The van der Waals surface area contributed by atoms with E-state index in [1.54, 1.807) is 49.5 Å². The Balaban J connectivity index is 1.42. The monoisotopic (exact) mass is 747 g/mol. The number of anilines is 3. The second-order valence-electron chi connectivity index (χ2n) is 11.9. The number of fused-ring (bicyclic) bond motifs is 3. The molecule has 278 valence electrons. The van der Waals surface area contributed by atoms with E-state index in [0.29, 0.717) is 43.2 Å². The van der Waals surface area contributed by atoms with E-state index >= 15 is 0 Å². The van der Waals surface area contributed by atoms with Crippen molar-refractivity contribution in [3.05, 3.63) is 65.2 Å². The highest BCUT2D eigenvalue weighted by molar-refractivity contribution is 8.00. The van der Waals surface area contributed by atoms with Gasteiger partial charge in [-0.15, -0.1) is 0 Å². The topological polar surface area (TPSA) is 193 Å². The number of benzene rings is 3. The summed E-state index contributed by atoms with van der Waals surface area (Å²) in [7, 11) is 5.83. The first kappa shape index (κ1) is 36.7. The van der Waals surface area contributed by atoms with Crippen LogP contribution >= 0.6 is 11.8 Å². The standard InChI is InChI=1S/C36H38N6O10S/c1-19(34(47)38-16-30(46)52-6)39-28(44)15-37-29(45)18-41(20(2)43)31-27(51-5)14-12-25-33(31)53-32-23(26(50-4)13-11-24(32)40(25)3)17-42-35(48)21-9-7-8-10-22(21)36(42)49/h7-14,19H,15-18H2,1-6H3,(H,37,45)(H,38,47)(H,39,44)/t19-/m0/s1/i/hD. The number of amides is 6. The normalized spacial score (nSPS) is 13.5. The van der Waals surface area contributed by atoms with Gasteiger partial charge in [-0.2, -0.15) is 0 Å². The average molecular weight is 748 g/mol. The maximum atomic E-state index is 13.4. The van der Waals surface area contributed by atoms with Crippen LogP contribution in [0.1, 0.15) is 40.1 Å². The second kappa shape index (κ2) is 16.1. The van der Waals surface area contributed by atoms with Gasteiger partial charge in [0.05, 0.1) is 61.8 Å². The van der Waals surface area contributed by atoms with E-state index in [0.717, 1.165) is 22.6 Å². The summed E-state index contributed by atoms with van der Waals surface area (Å²) in [6.07, 6.45) is 0. The molecule has 0 spiro atoms. The molecular formula is C36H38N6O10S. The summed E-state index contributed by atoms with van der Waals surface area (Å²) < 4.78 is 24.2. The lowest BCUT2D eigenvalue weighted by Gasteiger charge is -2.35. The maximum absolute atomic E-state index is 13.4. The minimum Gasteiger partial charge on any atom is -0.496 e. The van der Waals surface area contributed by atoms with E-state index < -0.39 is 67.1 Å². The van der Waals surface area contributed by atoms with Gasteiger partial charge in [0.1, 0.15) is 36.3 Å². The third kappa shape index (κ3) is 7.74. The van der Waals surface area contributed by atoms with Gasteiger partial charge in [-0.05, 0) is 43.3 Å². The van der Waals surface area contributed by atoms with Crippen LogP contribution in [0.25, 0.3) is 0 Å². The Bertz CT molecular complexity index is 2030. The summed E-state index contributed by atoms with van der Waals surface area (Å²) in [6.45, 7) is 0.637. The zero-order chi connectivity index (χ0) is 39.4. The Hall–Kier alpha value is -6.10. The van der Waals surface area contributed by atoms with Gasteiger partial charge in [-0.3, -0.25) is 43.4 Å². The molecule has 0 saturated heterocycles. The van der Waals surface area contributed by atoms with Gasteiger partial charge < -0.3 is 35.1 Å². The highest BCUT2D eigenvalue weighted by atomic mass is 32.2. The van der Waals surface area contributed by atoms with Crippen molar-refractivity contribution in [2.75, 3.05) is 57.8 Å². The number of hydrogen-bond donors (Lipinski definition) is 3. The van der Waals surface area contributed by atoms with E-state index in [1.165, 1.54) is 39.8 Å². The van der Waals surface area contributed by atoms with Crippen molar-refractivity contribution >= 4 is 70.2 Å². The van der Waals surface area contributed by atoms with Crippen molar-refractivity contribution in [2.24, 2.45) is 0 Å². The van der Waals surface area contributed by atoms with Crippen LogP contribution in [0.15, 0.2) is 58.3 Å². The van der Waals surface area contributed by atoms with Crippen LogP contribution in [0.5, 0.6) is 11.5 Å². The molecular weight excluding hydrogens is 708 g/mol. The smallest absolute Gasteiger partial charge is 0.325 e. The van der Waals surface area contributed by atoms with Crippen LogP contribution in [-0.4, -0.2) is 100 Å². The molecule has 0 saturated carbocycles. The molecule has 0 radical (unpaired) electrons. The van der Waals surface area contributed by atoms with Crippen molar-refractivity contribution in [2.45, 2.75) is 36.2 Å². The number of rotatable bonds is 13. The predicted molar refractivity (Wildman–Crippen MR) is 192 cm³/mol. The maximum Gasteiger partial charge on any atom is 0.325 e. The predicted octanol–water partition coefficient (Wildman–Crippen LogP) is 2.00. The third-order valence-corrected chi connectivity index (χ3v) is 9.85. The van der Waals surface area contributed by atoms with Gasteiger partial charge in [-0.1, -0.05) is 23.9 Å². The van der Waals surface area contributed by atoms with Crippen LogP contribution in [0.4, 0.5) is 17.1 Å². The van der Waals surface area contributed by atoms with Gasteiger partial charge in [0, 0.05) is 24.4 Å². The van der Waals surface area contributed by atoms with Crippen LogP contribution in [0.3, 0.4) is 0 Å². The van der Waals surface area contributed by atoms with Crippen molar-refractivity contribution in [1.82, 2.24) is 20.8 Å². The quantitative estimate of drug-likeness (QED) is 0.170. The molecule has 1 atom stereocenters. The first-order chi connectivity index (χ1) is 25.7. The Labute approximate surface area is 310 Å². The summed E-state index contributed by atoms with van der Waals surface area (Å²) >= 11 is 1.23. The summed E-state index contributed by atoms with van der Waals surface area (Å²) in [6, 6.07) is 12.5. The summed E-state index contributed by atoms with van der Waals surface area (Å²) in [5, 5.41) is 5.02. The van der Waals surface area contributed by atoms with Crippen molar-refractivity contribution in [1.29, 1.82) is 0 Å². The minimum atomic E-state index is -1.10. The molecule has 17 heteroatoms. The van der Waals surface area contributed by atoms with Crippen molar-refractivity contribution in [3.63, 3.8) is 0 Å². The lowest BCUT2D eigenvalue weighted by atomic mass is 10.1. The fourth-order valence-electron chi connectivity index (χ4n) is 5.85. The third-order valence-electron chi connectivity index (χ3n) is 8.58. The number of ether oxygens (including phenoxy) is 3. The number of hydrogen-bond acceptors (Lipinski definition) is 12. The number of methoxy groups -OCH3 is 3. The molecule has 5 rings (SSSR count). The number of carbonyl (C=O) groups is 7. The Morgan fingerprint density at radius 3 is 2.06 bits per heavy atom. The Morgan fingerprint density at radius 2 is 1.47 bits per heavy atom. The van der Waals surface area contributed by atoms with Crippen LogP contribution in [0.2, 0.25) is 1.41 Å². The molecule has 3 aromatic rings. The van der Waals surface area contributed by atoms with Crippen LogP contribution in [-0.2, 0) is 35.3 Å². The van der Waals surface area contributed by atoms with Gasteiger partial charge in [-0.25, -0.2) is 0 Å². The molecule has 3 aromatic carbocycles. The minimum absolute atomic E-state index is 0.121. The zero-order valence-corrected chi connectivity index (χ0v) is 30.6. The number of carbonyl (C=O) groups excluding carboxylic acids is 7.